The molecule has 0 unspecified atom stereocenters. The van der Waals surface area contributed by atoms with Gasteiger partial charge in [0.25, 0.3) is 5.91 Å². The minimum atomic E-state index is -0.282. The summed E-state index contributed by atoms with van der Waals surface area (Å²) in [6.07, 6.45) is 0. The maximum Gasteiger partial charge on any atom is 0.337 e. The van der Waals surface area contributed by atoms with Crippen molar-refractivity contribution in [2.75, 3.05) is 11.9 Å². The first-order valence-electron chi connectivity index (χ1n) is 6.99. The normalized spacial score (nSPS) is 10.9. The fraction of sp³-hybridized carbons (Fsp3) is 0.538. The van der Waals surface area contributed by atoms with Gasteiger partial charge in [-0.05, 0) is 25.8 Å². The lowest BCUT2D eigenvalue weighted by Gasteiger charge is -2.03. The highest BCUT2D eigenvalue weighted by Gasteiger charge is 2.17. The Bertz CT molecular complexity index is 616. The highest BCUT2D eigenvalue weighted by Crippen LogP contribution is 2.16. The number of hydrogen-bond donors (Lipinski definition) is 2. The summed E-state index contributed by atoms with van der Waals surface area (Å²) in [5.41, 5.74) is 1.38. The highest BCUT2D eigenvalue weighted by atomic mass is 16.5. The minimum Gasteiger partial charge on any atom is -0.463 e. The van der Waals surface area contributed by atoms with E-state index in [1.165, 1.54) is 0 Å². The molecule has 0 aromatic carbocycles. The van der Waals surface area contributed by atoms with Gasteiger partial charge in [-0.3, -0.25) is 14.8 Å². The van der Waals surface area contributed by atoms with Crippen molar-refractivity contribution >= 4 is 11.9 Å². The van der Waals surface area contributed by atoms with E-state index in [-0.39, 0.29) is 23.8 Å². The largest absolute Gasteiger partial charge is 0.463 e. The molecule has 114 valence electrons. The second kappa shape index (κ2) is 6.38. The van der Waals surface area contributed by atoms with Gasteiger partial charge in [0.15, 0.2) is 0 Å². The number of hydrogen-bond acceptors (Lipinski definition) is 5. The number of carbonyl (C=O) groups excluding carboxylic acids is 1. The Morgan fingerprint density at radius 1 is 1.48 bits per heavy atom. The molecule has 0 atom stereocenters. The molecule has 0 radical (unpaired) electrons. The van der Waals surface area contributed by atoms with E-state index in [1.807, 2.05) is 27.7 Å². The average molecular weight is 292 g/mol. The van der Waals surface area contributed by atoms with E-state index in [0.29, 0.717) is 18.8 Å². The molecule has 0 saturated carbocycles. The number of rotatable bonds is 6. The molecule has 0 spiro atoms. The lowest BCUT2D eigenvalue weighted by Crippen LogP contribution is -2.18. The number of nitrogens with one attached hydrogen (secondary N) is 2. The summed E-state index contributed by atoms with van der Waals surface area (Å²) in [6.45, 7) is 8.93. The molecule has 8 heteroatoms. The Balaban J connectivity index is 2.15. The number of aromatic nitrogens is 5. The van der Waals surface area contributed by atoms with Crippen molar-refractivity contribution in [1.82, 2.24) is 25.0 Å². The van der Waals surface area contributed by atoms with Gasteiger partial charge >= 0.3 is 6.01 Å². The first-order chi connectivity index (χ1) is 10.0. The number of carbonyl (C=O) groups is 1. The maximum absolute atomic E-state index is 12.3. The van der Waals surface area contributed by atoms with Gasteiger partial charge in [0.2, 0.25) is 5.95 Å². The van der Waals surface area contributed by atoms with E-state index in [2.05, 4.69) is 25.6 Å². The summed E-state index contributed by atoms with van der Waals surface area (Å²) < 4.78 is 6.80. The Kier molecular flexibility index (Phi) is 4.56. The lowest BCUT2D eigenvalue weighted by atomic mass is 10.1. The highest BCUT2D eigenvalue weighted by molar-refractivity contribution is 6.02. The number of ether oxygens (including phenoxy) is 1. The molecule has 2 N–H and O–H groups in total. The predicted molar refractivity (Wildman–Crippen MR) is 77.5 cm³/mol. The van der Waals surface area contributed by atoms with Gasteiger partial charge in [-0.15, -0.1) is 5.10 Å². The third kappa shape index (κ3) is 3.39. The van der Waals surface area contributed by atoms with Crippen LogP contribution in [0.3, 0.4) is 0 Å². The SMILES string of the molecule is CCOc1n[nH]c(NC(=O)c2cc(C(C)C)nn2CC)n1. The van der Waals surface area contributed by atoms with Crippen LogP contribution in [0, 0.1) is 0 Å². The van der Waals surface area contributed by atoms with Gasteiger partial charge in [-0.25, -0.2) is 5.10 Å². The molecular formula is C13H20N6O2. The topological polar surface area (TPSA) is 97.7 Å². The molecule has 2 aromatic heterocycles. The number of amides is 1. The van der Waals surface area contributed by atoms with Crippen LogP contribution in [0.15, 0.2) is 6.07 Å². The molecule has 0 saturated heterocycles. The van der Waals surface area contributed by atoms with Crippen LogP contribution in [0.2, 0.25) is 0 Å². The summed E-state index contributed by atoms with van der Waals surface area (Å²) in [6, 6.07) is 2.00. The van der Waals surface area contributed by atoms with Crippen LogP contribution >= 0.6 is 0 Å². The fourth-order valence-electron chi connectivity index (χ4n) is 1.81. The van der Waals surface area contributed by atoms with Crippen molar-refractivity contribution < 1.29 is 9.53 Å². The van der Waals surface area contributed by atoms with Gasteiger partial charge in [0, 0.05) is 6.54 Å². The molecule has 2 rings (SSSR count). The van der Waals surface area contributed by atoms with Gasteiger partial charge in [-0.2, -0.15) is 10.1 Å². The monoisotopic (exact) mass is 292 g/mol. The summed E-state index contributed by atoms with van der Waals surface area (Å²) >= 11 is 0. The van der Waals surface area contributed by atoms with Crippen LogP contribution in [0.1, 0.15) is 49.8 Å². The van der Waals surface area contributed by atoms with E-state index in [4.69, 9.17) is 4.74 Å². The van der Waals surface area contributed by atoms with Gasteiger partial charge in [0.05, 0.1) is 12.3 Å². The lowest BCUT2D eigenvalue weighted by molar-refractivity contribution is 0.101. The smallest absolute Gasteiger partial charge is 0.337 e. The zero-order valence-corrected chi connectivity index (χ0v) is 12.7. The molecule has 0 aliphatic carbocycles. The van der Waals surface area contributed by atoms with Crippen molar-refractivity contribution in [3.8, 4) is 6.01 Å². The maximum atomic E-state index is 12.3. The predicted octanol–water partition coefficient (Wildman–Crippen LogP) is 1.80. The first kappa shape index (κ1) is 15.0. The molecule has 8 nitrogen and oxygen atoms in total. The summed E-state index contributed by atoms with van der Waals surface area (Å²) in [4.78, 5) is 16.3. The Labute approximate surface area is 122 Å². The van der Waals surface area contributed by atoms with Crippen molar-refractivity contribution in [2.45, 2.75) is 40.2 Å². The second-order valence-electron chi connectivity index (χ2n) is 4.78. The number of aryl methyl sites for hydroxylation is 1. The number of nitrogens with zero attached hydrogens (tertiary/aromatic N) is 4. The Hall–Kier alpha value is -2.38. The van der Waals surface area contributed by atoms with Crippen molar-refractivity contribution in [3.05, 3.63) is 17.5 Å². The van der Waals surface area contributed by atoms with Crippen molar-refractivity contribution in [1.29, 1.82) is 0 Å². The summed E-state index contributed by atoms with van der Waals surface area (Å²) in [5.74, 6) is 0.230. The molecule has 0 aliphatic rings. The van der Waals surface area contributed by atoms with E-state index < -0.39 is 0 Å². The molecule has 0 bridgehead atoms. The third-order valence-corrected chi connectivity index (χ3v) is 2.89. The van der Waals surface area contributed by atoms with Crippen molar-refractivity contribution in [3.63, 3.8) is 0 Å². The van der Waals surface area contributed by atoms with Crippen LogP contribution in [0.4, 0.5) is 5.95 Å². The van der Waals surface area contributed by atoms with Crippen LogP contribution in [0.25, 0.3) is 0 Å². The Morgan fingerprint density at radius 3 is 2.86 bits per heavy atom. The number of H-pyrrole nitrogens is 1. The van der Waals surface area contributed by atoms with Crippen LogP contribution in [-0.4, -0.2) is 37.5 Å². The minimum absolute atomic E-state index is 0.208. The van der Waals surface area contributed by atoms with Crippen molar-refractivity contribution in [2.24, 2.45) is 0 Å². The zero-order valence-electron chi connectivity index (χ0n) is 12.7. The van der Waals surface area contributed by atoms with E-state index >= 15 is 0 Å². The van der Waals surface area contributed by atoms with E-state index in [1.54, 1.807) is 10.7 Å². The summed E-state index contributed by atoms with van der Waals surface area (Å²) in [5, 5.41) is 13.5. The van der Waals surface area contributed by atoms with E-state index in [0.717, 1.165) is 5.69 Å². The van der Waals surface area contributed by atoms with E-state index in [9.17, 15) is 4.79 Å². The molecular weight excluding hydrogens is 272 g/mol. The molecule has 2 aromatic rings. The standard InChI is InChI=1S/C13H20N6O2/c1-5-19-10(7-9(18-19)8(3)4)11(20)14-12-15-13(17-16-12)21-6-2/h7-8H,5-6H2,1-4H3,(H2,14,15,16,17,20). The van der Waals surface area contributed by atoms with Crippen LogP contribution in [-0.2, 0) is 6.54 Å². The molecule has 2 heterocycles. The molecule has 1 amide bonds. The van der Waals surface area contributed by atoms with Gasteiger partial charge < -0.3 is 4.74 Å². The quantitative estimate of drug-likeness (QED) is 0.846. The molecule has 21 heavy (non-hydrogen) atoms. The van der Waals surface area contributed by atoms with Gasteiger partial charge in [-0.1, -0.05) is 13.8 Å². The summed E-state index contributed by atoms with van der Waals surface area (Å²) in [7, 11) is 0. The third-order valence-electron chi connectivity index (χ3n) is 2.89. The zero-order chi connectivity index (χ0) is 15.4. The van der Waals surface area contributed by atoms with Crippen LogP contribution in [0.5, 0.6) is 6.01 Å². The Morgan fingerprint density at radius 2 is 2.24 bits per heavy atom. The first-order valence-corrected chi connectivity index (χ1v) is 6.99. The number of aromatic amines is 1. The molecule has 0 fully saturated rings. The number of anilines is 1. The molecule has 0 aliphatic heterocycles. The van der Waals surface area contributed by atoms with Crippen LogP contribution < -0.4 is 10.1 Å². The second-order valence-corrected chi connectivity index (χ2v) is 4.78. The average Bonchev–Trinajstić information content (AvgIpc) is 3.05. The van der Waals surface area contributed by atoms with Gasteiger partial charge in [0.1, 0.15) is 5.69 Å². The fourth-order valence-corrected chi connectivity index (χ4v) is 1.81.